The molecule has 0 spiro atoms. The number of imidazole rings is 1. The number of fused-ring (bicyclic) bond motifs is 1. The van der Waals surface area contributed by atoms with Crippen molar-refractivity contribution in [3.05, 3.63) is 45.9 Å². The topological polar surface area (TPSA) is 92.8 Å². The predicted molar refractivity (Wildman–Crippen MR) is 95.0 cm³/mol. The Hall–Kier alpha value is -2.83. The maximum Gasteiger partial charge on any atom is 0.306 e. The van der Waals surface area contributed by atoms with Crippen LogP contribution in [0.4, 0.5) is 0 Å². The van der Waals surface area contributed by atoms with E-state index >= 15 is 0 Å². The van der Waals surface area contributed by atoms with E-state index in [1.54, 1.807) is 6.92 Å². The number of H-pyrrole nitrogens is 2. The highest BCUT2D eigenvalue weighted by atomic mass is 16.5. The summed E-state index contributed by atoms with van der Waals surface area (Å²) in [4.78, 5) is 32.1. The Morgan fingerprint density at radius 3 is 2.76 bits per heavy atom. The molecule has 0 aliphatic carbocycles. The molecule has 0 fully saturated rings. The van der Waals surface area contributed by atoms with Crippen molar-refractivity contribution in [2.75, 3.05) is 6.61 Å². The average molecular weight is 342 g/mol. The molecule has 7 nitrogen and oxygen atoms in total. The summed E-state index contributed by atoms with van der Waals surface area (Å²) in [6.07, 6.45) is 2.18. The van der Waals surface area contributed by atoms with E-state index < -0.39 is 0 Å². The van der Waals surface area contributed by atoms with Crippen LogP contribution in [0.25, 0.3) is 17.0 Å². The Morgan fingerprint density at radius 2 is 2.04 bits per heavy atom. The molecule has 0 unspecified atom stereocenters. The first kappa shape index (κ1) is 17.0. The summed E-state index contributed by atoms with van der Waals surface area (Å²) in [5.74, 6) is 0.159. The van der Waals surface area contributed by atoms with Crippen molar-refractivity contribution in [3.63, 3.8) is 0 Å². The number of nitrogens with zero attached hydrogens (tertiary/aromatic N) is 2. The molecule has 1 aromatic carbocycles. The summed E-state index contributed by atoms with van der Waals surface area (Å²) < 4.78 is 6.38. The highest BCUT2D eigenvalue weighted by Crippen LogP contribution is 2.14. The van der Waals surface area contributed by atoms with E-state index in [9.17, 15) is 9.59 Å². The fourth-order valence-electron chi connectivity index (χ4n) is 2.89. The zero-order chi connectivity index (χ0) is 17.8. The molecule has 0 saturated carbocycles. The van der Waals surface area contributed by atoms with Gasteiger partial charge in [0.2, 0.25) is 5.95 Å². The Labute approximate surface area is 145 Å². The van der Waals surface area contributed by atoms with Crippen LogP contribution in [0.1, 0.15) is 37.9 Å². The molecule has 132 valence electrons. The quantitative estimate of drug-likeness (QED) is 0.645. The standard InChI is InChI=1S/C18H22N4O3/c1-3-7-13-12(10-11-16(23)25-4-2)17(24)22(21-13)18-19-14-8-5-6-9-15(14)20-18/h5-6,8-9,21H,3-4,7,10-11H2,1-2H3,(H,19,20). The monoisotopic (exact) mass is 342 g/mol. The first-order valence-electron chi connectivity index (χ1n) is 8.57. The van der Waals surface area contributed by atoms with Crippen molar-refractivity contribution < 1.29 is 9.53 Å². The number of hydrogen-bond donors (Lipinski definition) is 2. The van der Waals surface area contributed by atoms with E-state index in [0.717, 1.165) is 29.6 Å². The number of nitrogens with one attached hydrogen (secondary N) is 2. The molecule has 25 heavy (non-hydrogen) atoms. The number of aromatic nitrogens is 4. The first-order valence-corrected chi connectivity index (χ1v) is 8.57. The summed E-state index contributed by atoms with van der Waals surface area (Å²) in [5.41, 5.74) is 2.95. The summed E-state index contributed by atoms with van der Waals surface area (Å²) >= 11 is 0. The van der Waals surface area contributed by atoms with Crippen molar-refractivity contribution in [2.45, 2.75) is 39.5 Å². The molecule has 2 aromatic heterocycles. The van der Waals surface area contributed by atoms with Crippen LogP contribution in [0.5, 0.6) is 0 Å². The van der Waals surface area contributed by atoms with Gasteiger partial charge in [-0.2, -0.15) is 4.68 Å². The highest BCUT2D eigenvalue weighted by Gasteiger charge is 2.18. The largest absolute Gasteiger partial charge is 0.466 e. The molecular weight excluding hydrogens is 320 g/mol. The number of carbonyl (C=O) groups excluding carboxylic acids is 1. The second-order valence-corrected chi connectivity index (χ2v) is 5.84. The van der Waals surface area contributed by atoms with E-state index in [0.29, 0.717) is 24.5 Å². The summed E-state index contributed by atoms with van der Waals surface area (Å²) in [6, 6.07) is 7.61. The van der Waals surface area contributed by atoms with Gasteiger partial charge in [-0.1, -0.05) is 25.5 Å². The van der Waals surface area contributed by atoms with Crippen LogP contribution in [0.2, 0.25) is 0 Å². The fourth-order valence-corrected chi connectivity index (χ4v) is 2.89. The Bertz CT molecular complexity index is 902. The van der Waals surface area contributed by atoms with Crippen LogP contribution in [-0.4, -0.2) is 32.3 Å². The molecular formula is C18H22N4O3. The predicted octanol–water partition coefficient (Wildman–Crippen LogP) is 2.49. The van der Waals surface area contributed by atoms with E-state index in [1.165, 1.54) is 4.68 Å². The van der Waals surface area contributed by atoms with Crippen molar-refractivity contribution in [1.82, 2.24) is 19.7 Å². The third kappa shape index (κ3) is 3.50. The number of benzene rings is 1. The van der Waals surface area contributed by atoms with Crippen molar-refractivity contribution in [2.24, 2.45) is 0 Å². The maximum atomic E-state index is 12.8. The molecule has 2 N–H and O–H groups in total. The molecule has 0 saturated heterocycles. The number of ether oxygens (including phenoxy) is 1. The van der Waals surface area contributed by atoms with E-state index in [1.807, 2.05) is 31.2 Å². The number of carbonyl (C=O) groups is 1. The number of aromatic amines is 2. The van der Waals surface area contributed by atoms with Gasteiger partial charge in [0.15, 0.2) is 0 Å². The van der Waals surface area contributed by atoms with Crippen LogP contribution < -0.4 is 5.56 Å². The lowest BCUT2D eigenvalue weighted by Gasteiger charge is -2.01. The normalized spacial score (nSPS) is 11.1. The smallest absolute Gasteiger partial charge is 0.306 e. The van der Waals surface area contributed by atoms with E-state index in [2.05, 4.69) is 15.1 Å². The lowest BCUT2D eigenvalue weighted by molar-refractivity contribution is -0.143. The summed E-state index contributed by atoms with van der Waals surface area (Å²) in [6.45, 7) is 4.16. The van der Waals surface area contributed by atoms with Gasteiger partial charge in [-0.3, -0.25) is 14.7 Å². The summed E-state index contributed by atoms with van der Waals surface area (Å²) in [5, 5.41) is 3.14. The average Bonchev–Trinajstić information content (AvgIpc) is 3.15. The number of esters is 1. The third-order valence-corrected chi connectivity index (χ3v) is 4.05. The summed E-state index contributed by atoms with van der Waals surface area (Å²) in [7, 11) is 0. The van der Waals surface area contributed by atoms with Crippen molar-refractivity contribution in [3.8, 4) is 5.95 Å². The molecule has 3 rings (SSSR count). The fraction of sp³-hybridized carbons (Fsp3) is 0.389. The minimum atomic E-state index is -0.291. The highest BCUT2D eigenvalue weighted by molar-refractivity contribution is 5.75. The molecule has 0 amide bonds. The van der Waals surface area contributed by atoms with Gasteiger partial charge in [0.25, 0.3) is 5.56 Å². The Balaban J connectivity index is 1.96. The van der Waals surface area contributed by atoms with Gasteiger partial charge in [-0.15, -0.1) is 0 Å². The molecule has 0 bridgehead atoms. The number of aryl methyl sites for hydroxylation is 1. The van der Waals surface area contributed by atoms with Crippen molar-refractivity contribution in [1.29, 1.82) is 0 Å². The molecule has 0 radical (unpaired) electrons. The second-order valence-electron chi connectivity index (χ2n) is 5.84. The van der Waals surface area contributed by atoms with Gasteiger partial charge in [-0.25, -0.2) is 4.98 Å². The van der Waals surface area contributed by atoms with Gasteiger partial charge in [-0.05, 0) is 31.9 Å². The number of para-hydroxylation sites is 2. The van der Waals surface area contributed by atoms with Crippen LogP contribution in [0, 0.1) is 0 Å². The van der Waals surface area contributed by atoms with Crippen molar-refractivity contribution >= 4 is 17.0 Å². The number of hydrogen-bond acceptors (Lipinski definition) is 4. The maximum absolute atomic E-state index is 12.8. The first-order chi connectivity index (χ1) is 12.1. The van der Waals surface area contributed by atoms with E-state index in [4.69, 9.17) is 4.74 Å². The van der Waals surface area contributed by atoms with Gasteiger partial charge in [0.05, 0.1) is 17.6 Å². The van der Waals surface area contributed by atoms with Gasteiger partial charge < -0.3 is 9.72 Å². The van der Waals surface area contributed by atoms with Crippen LogP contribution in [-0.2, 0) is 22.4 Å². The van der Waals surface area contributed by atoms with Gasteiger partial charge in [0, 0.05) is 17.7 Å². The molecule has 2 heterocycles. The zero-order valence-corrected chi connectivity index (χ0v) is 14.5. The molecule has 0 atom stereocenters. The lowest BCUT2D eigenvalue weighted by atomic mass is 10.1. The molecule has 3 aromatic rings. The van der Waals surface area contributed by atoms with Gasteiger partial charge in [0.1, 0.15) is 0 Å². The van der Waals surface area contributed by atoms with Crippen LogP contribution in [0.3, 0.4) is 0 Å². The zero-order valence-electron chi connectivity index (χ0n) is 14.5. The third-order valence-electron chi connectivity index (χ3n) is 4.05. The Morgan fingerprint density at radius 1 is 1.24 bits per heavy atom. The van der Waals surface area contributed by atoms with Crippen LogP contribution in [0.15, 0.2) is 29.1 Å². The molecule has 0 aliphatic heterocycles. The minimum absolute atomic E-state index is 0.174. The van der Waals surface area contributed by atoms with E-state index in [-0.39, 0.29) is 17.9 Å². The number of rotatable bonds is 7. The van der Waals surface area contributed by atoms with Gasteiger partial charge >= 0.3 is 5.97 Å². The second kappa shape index (κ2) is 7.38. The SMILES string of the molecule is CCCc1[nH]n(-c2nc3ccccc3[nH]2)c(=O)c1CCC(=O)OCC. The lowest BCUT2D eigenvalue weighted by Crippen LogP contribution is -2.19. The van der Waals surface area contributed by atoms with Crippen LogP contribution >= 0.6 is 0 Å². The Kier molecular flexibility index (Phi) is 5.02. The minimum Gasteiger partial charge on any atom is -0.466 e. The molecule has 7 heteroatoms. The molecule has 0 aliphatic rings.